The molecule has 0 saturated carbocycles. The molecule has 1 N–H and O–H groups in total. The molecule has 0 aliphatic heterocycles. The van der Waals surface area contributed by atoms with E-state index in [4.69, 9.17) is 37.9 Å². The molecule has 2 rings (SSSR count). The number of hydrogen-bond donors (Lipinski definition) is 1. The van der Waals surface area contributed by atoms with E-state index in [-0.39, 0.29) is 24.5 Å². The number of ether oxygens (including phenoxy) is 8. The predicted octanol–water partition coefficient (Wildman–Crippen LogP) is 8.64. The second kappa shape index (κ2) is 31.6. The molecule has 0 heterocycles. The van der Waals surface area contributed by atoms with E-state index in [0.717, 1.165) is 25.2 Å². The summed E-state index contributed by atoms with van der Waals surface area (Å²) in [6, 6.07) is 11.2. The molecule has 0 aliphatic rings. The van der Waals surface area contributed by atoms with Crippen molar-refractivity contribution >= 4 is 17.3 Å². The molecule has 0 unspecified atom stereocenters. The molecule has 10 nitrogen and oxygen atoms in total. The Balaban J connectivity index is 1.30. The van der Waals surface area contributed by atoms with Crippen molar-refractivity contribution in [1.29, 1.82) is 0 Å². The van der Waals surface area contributed by atoms with Gasteiger partial charge in [0.15, 0.2) is 0 Å². The van der Waals surface area contributed by atoms with Crippen molar-refractivity contribution in [3.05, 3.63) is 59.7 Å². The first-order valence-electron chi connectivity index (χ1n) is 19.2. The third-order valence-electron chi connectivity index (χ3n) is 7.95. The van der Waals surface area contributed by atoms with Crippen LogP contribution >= 0.6 is 0 Å². The molecule has 0 saturated heterocycles. The van der Waals surface area contributed by atoms with Crippen molar-refractivity contribution in [1.82, 2.24) is 0 Å². The van der Waals surface area contributed by atoms with Gasteiger partial charge >= 0.3 is 12.1 Å². The smallest absolute Gasteiger partial charge is 0.416 e. The van der Waals surface area contributed by atoms with Gasteiger partial charge in [-0.25, -0.2) is 4.79 Å². The third kappa shape index (κ3) is 25.0. The van der Waals surface area contributed by atoms with Crippen LogP contribution in [-0.4, -0.2) is 105 Å². The number of unbranched alkanes of at least 4 members (excludes halogenated alkanes) is 9. The number of halogens is 3. The van der Waals surface area contributed by atoms with Crippen molar-refractivity contribution in [2.75, 3.05) is 104 Å². The fourth-order valence-electron chi connectivity index (χ4n) is 5.08. The predicted molar refractivity (Wildman–Crippen MR) is 199 cm³/mol. The summed E-state index contributed by atoms with van der Waals surface area (Å²) in [4.78, 5) is 12.6. The lowest BCUT2D eigenvalue weighted by molar-refractivity contribution is -0.137. The monoisotopic (exact) mass is 757 g/mol. The summed E-state index contributed by atoms with van der Waals surface area (Å²) in [7, 11) is 0. The van der Waals surface area contributed by atoms with Gasteiger partial charge in [0.1, 0.15) is 6.61 Å². The van der Waals surface area contributed by atoms with Gasteiger partial charge in [0.05, 0.1) is 103 Å². The van der Waals surface area contributed by atoms with E-state index >= 15 is 0 Å². The van der Waals surface area contributed by atoms with Gasteiger partial charge in [0.25, 0.3) is 0 Å². The number of rotatable bonds is 35. The standard InChI is InChI=1S/C40H62F3NO9/c1-2-3-4-5-6-7-8-9-10-13-19-46-20-21-47-22-23-48-24-25-49-26-27-50-28-29-51-30-31-52-32-33-53-39(45)37-17-11-12-18-38(37)44-36-16-14-15-35(34-36)40(41,42)43/h11-12,14-18,34,44H,2-10,13,19-33H2,1H3. The lowest BCUT2D eigenvalue weighted by Crippen LogP contribution is -2.15. The van der Waals surface area contributed by atoms with Crippen LogP contribution in [0.1, 0.15) is 87.1 Å². The molecule has 0 aliphatic carbocycles. The molecule has 2 aromatic carbocycles. The molecular formula is C40H62F3NO9. The first-order valence-corrected chi connectivity index (χ1v) is 19.2. The van der Waals surface area contributed by atoms with Crippen molar-refractivity contribution in [3.8, 4) is 0 Å². The summed E-state index contributed by atoms with van der Waals surface area (Å²) in [5.74, 6) is -0.621. The number of alkyl halides is 3. The summed E-state index contributed by atoms with van der Waals surface area (Å²) in [5, 5.41) is 2.86. The number of carbonyl (C=O) groups excluding carboxylic acids is 1. The highest BCUT2D eigenvalue weighted by atomic mass is 19.4. The largest absolute Gasteiger partial charge is 0.460 e. The van der Waals surface area contributed by atoms with Gasteiger partial charge < -0.3 is 43.2 Å². The second-order valence-electron chi connectivity index (χ2n) is 12.4. The van der Waals surface area contributed by atoms with Gasteiger partial charge in [-0.15, -0.1) is 0 Å². The molecule has 0 amide bonds. The number of benzene rings is 2. The Morgan fingerprint density at radius 2 is 0.962 bits per heavy atom. The van der Waals surface area contributed by atoms with Gasteiger partial charge in [-0.05, 0) is 36.8 Å². The van der Waals surface area contributed by atoms with Crippen LogP contribution in [-0.2, 0) is 44.1 Å². The molecule has 53 heavy (non-hydrogen) atoms. The maximum Gasteiger partial charge on any atom is 0.416 e. The molecular weight excluding hydrogens is 695 g/mol. The number of para-hydroxylation sites is 1. The van der Waals surface area contributed by atoms with Gasteiger partial charge in [-0.3, -0.25) is 0 Å². The summed E-state index contributed by atoms with van der Waals surface area (Å²) in [6.45, 7) is 8.88. The van der Waals surface area contributed by atoms with E-state index in [1.807, 2.05) is 0 Å². The minimum absolute atomic E-state index is 0.00756. The Morgan fingerprint density at radius 1 is 0.528 bits per heavy atom. The molecule has 0 atom stereocenters. The zero-order chi connectivity index (χ0) is 38.1. The molecule has 13 heteroatoms. The highest BCUT2D eigenvalue weighted by Crippen LogP contribution is 2.32. The van der Waals surface area contributed by atoms with E-state index in [2.05, 4.69) is 12.2 Å². The van der Waals surface area contributed by atoms with Crippen LogP contribution in [0.25, 0.3) is 0 Å². The van der Waals surface area contributed by atoms with Gasteiger partial charge in [0.2, 0.25) is 0 Å². The van der Waals surface area contributed by atoms with Crippen LogP contribution in [0.2, 0.25) is 0 Å². The van der Waals surface area contributed by atoms with E-state index in [9.17, 15) is 18.0 Å². The van der Waals surface area contributed by atoms with Crippen LogP contribution in [0.4, 0.5) is 24.5 Å². The molecule has 0 spiro atoms. The topological polar surface area (TPSA) is 103 Å². The summed E-state index contributed by atoms with van der Waals surface area (Å²) in [5.41, 5.74) is -0.0647. The molecule has 0 fully saturated rings. The highest BCUT2D eigenvalue weighted by Gasteiger charge is 2.30. The Bertz CT molecular complexity index is 1170. The van der Waals surface area contributed by atoms with Crippen LogP contribution in [0.15, 0.2) is 48.5 Å². The molecule has 302 valence electrons. The average molecular weight is 758 g/mol. The Kier molecular flexibility index (Phi) is 27.6. The SMILES string of the molecule is CCCCCCCCCCCCOCCOCCOCCOCCOCCOCCOCCOC(=O)c1ccccc1Nc1cccc(C(F)(F)F)c1. The van der Waals surface area contributed by atoms with Gasteiger partial charge in [-0.1, -0.05) is 82.9 Å². The van der Waals surface area contributed by atoms with Crippen molar-refractivity contribution in [3.63, 3.8) is 0 Å². The number of carbonyl (C=O) groups is 1. The molecule has 0 radical (unpaired) electrons. The normalized spacial score (nSPS) is 11.6. The van der Waals surface area contributed by atoms with Gasteiger partial charge in [0, 0.05) is 12.3 Å². The lowest BCUT2D eigenvalue weighted by atomic mass is 10.1. The summed E-state index contributed by atoms with van der Waals surface area (Å²) in [6.07, 6.45) is 8.77. The van der Waals surface area contributed by atoms with Crippen LogP contribution in [0.3, 0.4) is 0 Å². The first-order chi connectivity index (χ1) is 25.9. The Labute approximate surface area is 314 Å². The van der Waals surface area contributed by atoms with Crippen LogP contribution < -0.4 is 5.32 Å². The summed E-state index contributed by atoms with van der Waals surface area (Å²) >= 11 is 0. The minimum atomic E-state index is -4.47. The molecule has 0 aromatic heterocycles. The Morgan fingerprint density at radius 3 is 1.45 bits per heavy atom. The van der Waals surface area contributed by atoms with Crippen molar-refractivity contribution < 1.29 is 55.9 Å². The maximum atomic E-state index is 13.0. The average Bonchev–Trinajstić information content (AvgIpc) is 3.15. The van der Waals surface area contributed by atoms with Crippen LogP contribution in [0.5, 0.6) is 0 Å². The Hall–Kier alpha value is -2.78. The number of hydrogen-bond acceptors (Lipinski definition) is 10. The summed E-state index contributed by atoms with van der Waals surface area (Å²) < 4.78 is 83.0. The van der Waals surface area contributed by atoms with E-state index in [1.54, 1.807) is 18.2 Å². The molecule has 2 aromatic rings. The zero-order valence-electron chi connectivity index (χ0n) is 31.6. The highest BCUT2D eigenvalue weighted by molar-refractivity contribution is 5.96. The third-order valence-corrected chi connectivity index (χ3v) is 7.95. The lowest BCUT2D eigenvalue weighted by Gasteiger charge is -2.13. The second-order valence-corrected chi connectivity index (χ2v) is 12.4. The number of anilines is 2. The van der Waals surface area contributed by atoms with Crippen molar-refractivity contribution in [2.45, 2.75) is 77.3 Å². The molecule has 0 bridgehead atoms. The van der Waals surface area contributed by atoms with Crippen LogP contribution in [0, 0.1) is 0 Å². The number of esters is 1. The minimum Gasteiger partial charge on any atom is -0.460 e. The van der Waals surface area contributed by atoms with Gasteiger partial charge in [-0.2, -0.15) is 13.2 Å². The van der Waals surface area contributed by atoms with Crippen molar-refractivity contribution in [2.24, 2.45) is 0 Å². The maximum absolute atomic E-state index is 13.0. The zero-order valence-corrected chi connectivity index (χ0v) is 31.6. The quantitative estimate of drug-likeness (QED) is 0.0543. The fourth-order valence-corrected chi connectivity index (χ4v) is 5.08. The fraction of sp³-hybridized carbons (Fsp3) is 0.675. The van der Waals surface area contributed by atoms with E-state index in [0.29, 0.717) is 85.0 Å². The van der Waals surface area contributed by atoms with E-state index in [1.165, 1.54) is 76.0 Å². The van der Waals surface area contributed by atoms with E-state index < -0.39 is 17.7 Å². The number of nitrogens with one attached hydrogen (secondary N) is 1. The first kappa shape index (κ1) is 46.4.